The van der Waals surface area contributed by atoms with Crippen molar-refractivity contribution in [2.24, 2.45) is 11.1 Å². The van der Waals surface area contributed by atoms with E-state index in [9.17, 15) is 4.79 Å². The summed E-state index contributed by atoms with van der Waals surface area (Å²) in [5.74, 6) is 0.0998. The van der Waals surface area contributed by atoms with Gasteiger partial charge >= 0.3 is 0 Å². The zero-order valence-electron chi connectivity index (χ0n) is 12.2. The molecule has 1 aliphatic carbocycles. The van der Waals surface area contributed by atoms with E-state index in [0.29, 0.717) is 6.54 Å². The molecule has 1 aromatic rings. The Morgan fingerprint density at radius 2 is 2.15 bits per heavy atom. The Morgan fingerprint density at radius 3 is 2.75 bits per heavy atom. The van der Waals surface area contributed by atoms with Gasteiger partial charge in [-0.05, 0) is 42.9 Å². The van der Waals surface area contributed by atoms with Crippen LogP contribution in [0.2, 0.25) is 0 Å². The van der Waals surface area contributed by atoms with Crippen LogP contribution in [0.15, 0.2) is 22.7 Å². The molecule has 0 aliphatic heterocycles. The molecule has 0 spiro atoms. The van der Waals surface area contributed by atoms with E-state index in [4.69, 9.17) is 5.73 Å². The van der Waals surface area contributed by atoms with Crippen molar-refractivity contribution < 1.29 is 4.79 Å². The molecular weight excluding hydrogens is 316 g/mol. The molecule has 0 bridgehead atoms. The van der Waals surface area contributed by atoms with E-state index < -0.39 is 5.41 Å². The fourth-order valence-corrected chi connectivity index (χ4v) is 3.60. The molecule has 1 unspecified atom stereocenters. The average Bonchev–Trinajstić information content (AvgIpc) is 2.86. The van der Waals surface area contributed by atoms with Gasteiger partial charge < -0.3 is 11.1 Å². The standard InChI is InChI=1S/C16H23BrN2O/c1-3-16(4-2,10-18)15(20)19-14-9-8-11-12(14)6-5-7-13(11)17/h5-7,14H,3-4,8-10,18H2,1-2H3,(H,19,20). The highest BCUT2D eigenvalue weighted by Gasteiger charge is 2.36. The maximum absolute atomic E-state index is 12.6. The summed E-state index contributed by atoms with van der Waals surface area (Å²) >= 11 is 3.59. The first-order valence-corrected chi connectivity index (χ1v) is 8.15. The van der Waals surface area contributed by atoms with E-state index in [2.05, 4.69) is 33.4 Å². The number of fused-ring (bicyclic) bond motifs is 1. The highest BCUT2D eigenvalue weighted by Crippen LogP contribution is 2.36. The molecule has 0 heterocycles. The molecule has 0 saturated carbocycles. The van der Waals surface area contributed by atoms with Gasteiger partial charge in [-0.1, -0.05) is 41.9 Å². The molecule has 0 aromatic heterocycles. The second-order valence-electron chi connectivity index (χ2n) is 5.56. The molecule has 4 heteroatoms. The normalized spacial score (nSPS) is 17.9. The molecule has 1 atom stereocenters. The molecule has 3 nitrogen and oxygen atoms in total. The van der Waals surface area contributed by atoms with Crippen LogP contribution in [-0.2, 0) is 11.2 Å². The lowest BCUT2D eigenvalue weighted by Gasteiger charge is -2.30. The SMILES string of the molecule is CCC(CC)(CN)C(=O)NC1CCc2c(Br)cccc21. The van der Waals surface area contributed by atoms with Crippen LogP contribution in [0.5, 0.6) is 0 Å². The van der Waals surface area contributed by atoms with Gasteiger partial charge in [0.05, 0.1) is 11.5 Å². The van der Waals surface area contributed by atoms with Crippen LogP contribution < -0.4 is 11.1 Å². The Balaban J connectivity index is 2.17. The second kappa shape index (κ2) is 6.27. The summed E-state index contributed by atoms with van der Waals surface area (Å²) < 4.78 is 1.14. The first-order valence-electron chi connectivity index (χ1n) is 7.36. The number of halogens is 1. The molecule has 0 radical (unpaired) electrons. The topological polar surface area (TPSA) is 55.1 Å². The maximum atomic E-state index is 12.6. The van der Waals surface area contributed by atoms with Gasteiger partial charge in [-0.3, -0.25) is 4.79 Å². The van der Waals surface area contributed by atoms with Crippen LogP contribution in [0.3, 0.4) is 0 Å². The summed E-state index contributed by atoms with van der Waals surface area (Å²) in [5.41, 5.74) is 8.00. The number of hydrogen-bond donors (Lipinski definition) is 2. The summed E-state index contributed by atoms with van der Waals surface area (Å²) in [6.07, 6.45) is 3.54. The minimum absolute atomic E-state index is 0.0998. The van der Waals surface area contributed by atoms with Crippen molar-refractivity contribution in [2.75, 3.05) is 6.54 Å². The Hall–Kier alpha value is -0.870. The van der Waals surface area contributed by atoms with Crippen LogP contribution in [-0.4, -0.2) is 12.5 Å². The van der Waals surface area contributed by atoms with E-state index in [1.165, 1.54) is 11.1 Å². The summed E-state index contributed by atoms with van der Waals surface area (Å²) in [4.78, 5) is 12.6. The Bertz CT molecular complexity index is 489. The van der Waals surface area contributed by atoms with Gasteiger partial charge in [0.15, 0.2) is 0 Å². The molecule has 0 fully saturated rings. The fraction of sp³-hybridized carbons (Fsp3) is 0.562. The van der Waals surface area contributed by atoms with Crippen LogP contribution in [0.4, 0.5) is 0 Å². The van der Waals surface area contributed by atoms with Crippen LogP contribution in [0.1, 0.15) is 50.3 Å². The van der Waals surface area contributed by atoms with Crippen LogP contribution >= 0.6 is 15.9 Å². The molecule has 110 valence electrons. The molecule has 1 aliphatic rings. The molecule has 20 heavy (non-hydrogen) atoms. The maximum Gasteiger partial charge on any atom is 0.227 e. The molecule has 1 amide bonds. The fourth-order valence-electron chi connectivity index (χ4n) is 3.02. The predicted octanol–water partition coefficient (Wildman–Crippen LogP) is 3.32. The number of carbonyl (C=O) groups is 1. The summed E-state index contributed by atoms with van der Waals surface area (Å²) in [6, 6.07) is 6.33. The molecular formula is C16H23BrN2O. The van der Waals surface area contributed by atoms with Gasteiger partial charge in [-0.15, -0.1) is 0 Å². The number of nitrogens with two attached hydrogens (primary N) is 1. The third-order valence-corrected chi connectivity index (χ3v) is 5.49. The van der Waals surface area contributed by atoms with Gasteiger partial charge in [0.2, 0.25) is 5.91 Å². The third kappa shape index (κ3) is 2.63. The van der Waals surface area contributed by atoms with E-state index in [1.807, 2.05) is 19.9 Å². The minimum atomic E-state index is -0.422. The second-order valence-corrected chi connectivity index (χ2v) is 6.42. The van der Waals surface area contributed by atoms with E-state index in [-0.39, 0.29) is 11.9 Å². The van der Waals surface area contributed by atoms with Crippen molar-refractivity contribution in [1.82, 2.24) is 5.32 Å². The lowest BCUT2D eigenvalue weighted by Crippen LogP contribution is -2.46. The zero-order valence-corrected chi connectivity index (χ0v) is 13.8. The smallest absolute Gasteiger partial charge is 0.227 e. The van der Waals surface area contributed by atoms with Crippen molar-refractivity contribution in [3.63, 3.8) is 0 Å². The van der Waals surface area contributed by atoms with Gasteiger partial charge in [-0.2, -0.15) is 0 Å². The van der Waals surface area contributed by atoms with Crippen molar-refractivity contribution >= 4 is 21.8 Å². The number of amides is 1. The largest absolute Gasteiger partial charge is 0.349 e. The number of carbonyl (C=O) groups excluding carboxylic acids is 1. The molecule has 2 rings (SSSR count). The molecule has 1 aromatic carbocycles. The number of benzene rings is 1. The lowest BCUT2D eigenvalue weighted by atomic mass is 9.81. The van der Waals surface area contributed by atoms with Gasteiger partial charge in [0, 0.05) is 11.0 Å². The number of nitrogens with one attached hydrogen (secondary N) is 1. The molecule has 0 saturated heterocycles. The number of hydrogen-bond acceptors (Lipinski definition) is 2. The van der Waals surface area contributed by atoms with Crippen LogP contribution in [0, 0.1) is 5.41 Å². The first kappa shape index (κ1) is 15.5. The van der Waals surface area contributed by atoms with Crippen molar-refractivity contribution in [2.45, 2.75) is 45.6 Å². The van der Waals surface area contributed by atoms with Crippen LogP contribution in [0.25, 0.3) is 0 Å². The van der Waals surface area contributed by atoms with Gasteiger partial charge in [-0.25, -0.2) is 0 Å². The Kier molecular flexibility index (Phi) is 4.86. The summed E-state index contributed by atoms with van der Waals surface area (Å²) in [5, 5.41) is 3.22. The minimum Gasteiger partial charge on any atom is -0.349 e. The van der Waals surface area contributed by atoms with Gasteiger partial charge in [0.25, 0.3) is 0 Å². The lowest BCUT2D eigenvalue weighted by molar-refractivity contribution is -0.131. The van der Waals surface area contributed by atoms with E-state index >= 15 is 0 Å². The highest BCUT2D eigenvalue weighted by molar-refractivity contribution is 9.10. The Morgan fingerprint density at radius 1 is 1.45 bits per heavy atom. The number of rotatable bonds is 5. The predicted molar refractivity (Wildman–Crippen MR) is 85.4 cm³/mol. The quantitative estimate of drug-likeness (QED) is 0.865. The van der Waals surface area contributed by atoms with Crippen molar-refractivity contribution in [3.8, 4) is 0 Å². The first-order chi connectivity index (χ1) is 9.57. The van der Waals surface area contributed by atoms with E-state index in [1.54, 1.807) is 0 Å². The Labute approximate surface area is 129 Å². The van der Waals surface area contributed by atoms with Crippen molar-refractivity contribution in [1.29, 1.82) is 0 Å². The average molecular weight is 339 g/mol. The monoisotopic (exact) mass is 338 g/mol. The van der Waals surface area contributed by atoms with Crippen molar-refractivity contribution in [3.05, 3.63) is 33.8 Å². The van der Waals surface area contributed by atoms with E-state index in [0.717, 1.165) is 30.2 Å². The molecule has 3 N–H and O–H groups in total. The highest BCUT2D eigenvalue weighted by atomic mass is 79.9. The summed E-state index contributed by atoms with van der Waals surface area (Å²) in [6.45, 7) is 4.48. The summed E-state index contributed by atoms with van der Waals surface area (Å²) in [7, 11) is 0. The third-order valence-electron chi connectivity index (χ3n) is 4.74. The van der Waals surface area contributed by atoms with Gasteiger partial charge in [0.1, 0.15) is 0 Å². The zero-order chi connectivity index (χ0) is 14.8.